The molecule has 0 radical (unpaired) electrons. The SMILES string of the molecule is O=C1C(C=NNc2ccc(Cl)cc2)=Nc2ccccc21. The highest BCUT2D eigenvalue weighted by atomic mass is 35.5. The Kier molecular flexibility index (Phi) is 3.31. The van der Waals surface area contributed by atoms with Gasteiger partial charge in [-0.15, -0.1) is 0 Å². The van der Waals surface area contributed by atoms with Gasteiger partial charge in [-0.1, -0.05) is 23.7 Å². The summed E-state index contributed by atoms with van der Waals surface area (Å²) in [5, 5.41) is 4.67. The number of fused-ring (bicyclic) bond motifs is 1. The predicted octanol–water partition coefficient (Wildman–Crippen LogP) is 3.71. The molecule has 1 N–H and O–H groups in total. The van der Waals surface area contributed by atoms with Gasteiger partial charge in [-0.25, -0.2) is 4.99 Å². The Morgan fingerprint density at radius 1 is 1.10 bits per heavy atom. The van der Waals surface area contributed by atoms with E-state index in [0.29, 0.717) is 22.0 Å². The van der Waals surface area contributed by atoms with Gasteiger partial charge in [-0.2, -0.15) is 5.10 Å². The zero-order valence-corrected chi connectivity index (χ0v) is 11.1. The van der Waals surface area contributed by atoms with Gasteiger partial charge in [0.05, 0.1) is 17.6 Å². The lowest BCUT2D eigenvalue weighted by Gasteiger charge is -1.99. The average Bonchev–Trinajstić information content (AvgIpc) is 2.78. The summed E-state index contributed by atoms with van der Waals surface area (Å²) in [6.07, 6.45) is 1.43. The molecule has 0 aliphatic carbocycles. The standard InChI is InChI=1S/C15H10ClN3O/c16-10-5-7-11(8-6-10)19-17-9-14-15(20)12-3-1-2-4-13(12)18-14/h1-9,19H. The average molecular weight is 284 g/mol. The summed E-state index contributed by atoms with van der Waals surface area (Å²) in [5.41, 5.74) is 5.23. The Morgan fingerprint density at radius 2 is 1.85 bits per heavy atom. The molecule has 98 valence electrons. The Labute approximate surface area is 120 Å². The van der Waals surface area contributed by atoms with Crippen molar-refractivity contribution in [3.63, 3.8) is 0 Å². The molecule has 0 bridgehead atoms. The Morgan fingerprint density at radius 3 is 2.60 bits per heavy atom. The van der Waals surface area contributed by atoms with Crippen LogP contribution in [0.2, 0.25) is 5.02 Å². The summed E-state index contributed by atoms with van der Waals surface area (Å²) >= 11 is 5.79. The molecule has 20 heavy (non-hydrogen) atoms. The van der Waals surface area contributed by atoms with Crippen molar-refractivity contribution in [2.24, 2.45) is 10.1 Å². The van der Waals surface area contributed by atoms with Crippen molar-refractivity contribution in [3.8, 4) is 0 Å². The van der Waals surface area contributed by atoms with Crippen LogP contribution < -0.4 is 5.43 Å². The molecule has 0 saturated carbocycles. The van der Waals surface area contributed by atoms with Gasteiger partial charge < -0.3 is 0 Å². The van der Waals surface area contributed by atoms with Crippen molar-refractivity contribution in [2.75, 3.05) is 5.43 Å². The number of carbonyl (C=O) groups is 1. The van der Waals surface area contributed by atoms with Gasteiger partial charge in [0.15, 0.2) is 0 Å². The van der Waals surface area contributed by atoms with E-state index >= 15 is 0 Å². The van der Waals surface area contributed by atoms with Crippen LogP contribution in [0.25, 0.3) is 0 Å². The number of ketones is 1. The first-order chi connectivity index (χ1) is 9.74. The van der Waals surface area contributed by atoms with Crippen molar-refractivity contribution >= 4 is 40.7 Å². The summed E-state index contributed by atoms with van der Waals surface area (Å²) in [6, 6.07) is 14.3. The second kappa shape index (κ2) is 5.27. The van der Waals surface area contributed by atoms with E-state index in [9.17, 15) is 4.79 Å². The highest BCUT2D eigenvalue weighted by Crippen LogP contribution is 2.25. The van der Waals surface area contributed by atoms with Crippen LogP contribution in [0.5, 0.6) is 0 Å². The van der Waals surface area contributed by atoms with Crippen molar-refractivity contribution in [3.05, 3.63) is 59.1 Å². The van der Waals surface area contributed by atoms with Gasteiger partial charge in [0, 0.05) is 10.6 Å². The van der Waals surface area contributed by atoms with Crippen LogP contribution in [0.15, 0.2) is 58.6 Å². The molecule has 0 spiro atoms. The minimum Gasteiger partial charge on any atom is -0.287 e. The van der Waals surface area contributed by atoms with E-state index < -0.39 is 0 Å². The van der Waals surface area contributed by atoms with Crippen molar-refractivity contribution in [2.45, 2.75) is 0 Å². The number of benzene rings is 2. The van der Waals surface area contributed by atoms with Crippen LogP contribution >= 0.6 is 11.6 Å². The fourth-order valence-corrected chi connectivity index (χ4v) is 1.99. The topological polar surface area (TPSA) is 53.8 Å². The van der Waals surface area contributed by atoms with Crippen LogP contribution in [-0.2, 0) is 0 Å². The van der Waals surface area contributed by atoms with Gasteiger partial charge in [-0.05, 0) is 36.4 Å². The molecular formula is C15H10ClN3O. The number of aliphatic imine (C=N–C) groups is 1. The Balaban J connectivity index is 1.72. The molecule has 2 aromatic carbocycles. The third-order valence-corrected chi connectivity index (χ3v) is 3.10. The third-order valence-electron chi connectivity index (χ3n) is 2.85. The molecule has 0 unspecified atom stereocenters. The van der Waals surface area contributed by atoms with Crippen molar-refractivity contribution in [1.29, 1.82) is 0 Å². The van der Waals surface area contributed by atoms with Gasteiger partial charge >= 0.3 is 0 Å². The Bertz CT molecular complexity index is 720. The van der Waals surface area contributed by atoms with Crippen molar-refractivity contribution in [1.82, 2.24) is 0 Å². The third kappa shape index (κ3) is 2.46. The monoisotopic (exact) mass is 283 g/mol. The van der Waals surface area contributed by atoms with Gasteiger partial charge in [0.1, 0.15) is 5.71 Å². The highest BCUT2D eigenvalue weighted by molar-refractivity contribution is 6.67. The maximum absolute atomic E-state index is 12.0. The fourth-order valence-electron chi connectivity index (χ4n) is 1.86. The summed E-state index contributed by atoms with van der Waals surface area (Å²) < 4.78 is 0. The molecule has 0 aromatic heterocycles. The summed E-state index contributed by atoms with van der Waals surface area (Å²) in [6.45, 7) is 0. The van der Waals surface area contributed by atoms with E-state index in [-0.39, 0.29) is 5.78 Å². The molecule has 0 amide bonds. The first-order valence-corrected chi connectivity index (χ1v) is 6.39. The molecule has 3 rings (SSSR count). The predicted molar refractivity (Wildman–Crippen MR) is 81.4 cm³/mol. The summed E-state index contributed by atoms with van der Waals surface area (Å²) in [5.74, 6) is -0.109. The quantitative estimate of drug-likeness (QED) is 0.690. The number of hydrogen-bond donors (Lipinski definition) is 1. The molecule has 1 heterocycles. The normalized spacial score (nSPS) is 13.4. The lowest BCUT2D eigenvalue weighted by Crippen LogP contribution is -2.11. The van der Waals surface area contributed by atoms with Crippen LogP contribution in [0, 0.1) is 0 Å². The van der Waals surface area contributed by atoms with E-state index in [1.807, 2.05) is 12.1 Å². The maximum Gasteiger partial charge on any atom is 0.215 e. The number of carbonyl (C=O) groups excluding carboxylic acids is 1. The molecule has 0 fully saturated rings. The lowest BCUT2D eigenvalue weighted by molar-refractivity contribution is 0.107. The zero-order valence-electron chi connectivity index (χ0n) is 10.4. The smallest absolute Gasteiger partial charge is 0.215 e. The second-order valence-electron chi connectivity index (χ2n) is 4.22. The van der Waals surface area contributed by atoms with Crippen molar-refractivity contribution < 1.29 is 4.79 Å². The Hall–Kier alpha value is -2.46. The number of nitrogens with one attached hydrogen (secondary N) is 1. The first kappa shape index (κ1) is 12.6. The first-order valence-electron chi connectivity index (χ1n) is 6.01. The van der Waals surface area contributed by atoms with Crippen LogP contribution in [0.3, 0.4) is 0 Å². The van der Waals surface area contributed by atoms with E-state index in [2.05, 4.69) is 15.5 Å². The molecule has 1 aliphatic rings. The number of anilines is 1. The van der Waals surface area contributed by atoms with E-state index in [1.165, 1.54) is 6.21 Å². The number of para-hydroxylation sites is 1. The molecule has 5 heteroatoms. The molecular weight excluding hydrogens is 274 g/mol. The number of hydrogen-bond acceptors (Lipinski definition) is 4. The zero-order chi connectivity index (χ0) is 13.9. The fraction of sp³-hybridized carbons (Fsp3) is 0. The maximum atomic E-state index is 12.0. The summed E-state index contributed by atoms with van der Waals surface area (Å²) in [7, 11) is 0. The minimum absolute atomic E-state index is 0.109. The number of nitrogens with zero attached hydrogens (tertiary/aromatic N) is 2. The summed E-state index contributed by atoms with van der Waals surface area (Å²) in [4.78, 5) is 16.3. The lowest BCUT2D eigenvalue weighted by atomic mass is 10.1. The molecule has 0 saturated heterocycles. The van der Waals surface area contributed by atoms with Crippen LogP contribution in [-0.4, -0.2) is 17.7 Å². The van der Waals surface area contributed by atoms with E-state index in [1.54, 1.807) is 36.4 Å². The number of hydrazone groups is 1. The number of halogens is 1. The number of Topliss-reactive ketones (excluding diaryl/α,β-unsaturated/α-hetero) is 1. The highest BCUT2D eigenvalue weighted by Gasteiger charge is 2.22. The molecule has 4 nitrogen and oxygen atoms in total. The van der Waals surface area contributed by atoms with Gasteiger partial charge in [-0.3, -0.25) is 10.2 Å². The largest absolute Gasteiger partial charge is 0.287 e. The van der Waals surface area contributed by atoms with E-state index in [4.69, 9.17) is 11.6 Å². The van der Waals surface area contributed by atoms with Gasteiger partial charge in [0.2, 0.25) is 5.78 Å². The van der Waals surface area contributed by atoms with Crippen LogP contribution in [0.1, 0.15) is 10.4 Å². The van der Waals surface area contributed by atoms with Crippen LogP contribution in [0.4, 0.5) is 11.4 Å². The molecule has 0 atom stereocenters. The van der Waals surface area contributed by atoms with Gasteiger partial charge in [0.25, 0.3) is 0 Å². The molecule has 2 aromatic rings. The van der Waals surface area contributed by atoms with E-state index in [0.717, 1.165) is 5.69 Å². The minimum atomic E-state index is -0.109. The molecule has 1 aliphatic heterocycles. The second-order valence-corrected chi connectivity index (χ2v) is 4.66. The number of rotatable bonds is 3.